The first-order valence-corrected chi connectivity index (χ1v) is 10.7. The monoisotopic (exact) mass is 554 g/mol. The van der Waals surface area contributed by atoms with Gasteiger partial charge in [0, 0.05) is 5.02 Å². The lowest BCUT2D eigenvalue weighted by molar-refractivity contribution is 0.0998. The lowest BCUT2D eigenvalue weighted by atomic mass is 10.4. The molecule has 0 spiro atoms. The number of halogens is 7. The molecule has 0 heterocycles. The van der Waals surface area contributed by atoms with Crippen molar-refractivity contribution >= 4 is 103 Å². The molecule has 0 radical (unpaired) electrons. The van der Waals surface area contributed by atoms with Crippen LogP contribution in [0.3, 0.4) is 0 Å². The maximum Gasteiger partial charge on any atom is 0.443 e. The Hall–Kier alpha value is -0.260. The van der Waals surface area contributed by atoms with Crippen LogP contribution in [0.25, 0.3) is 0 Å². The summed E-state index contributed by atoms with van der Waals surface area (Å²) in [6.07, 6.45) is -3.05. The van der Waals surface area contributed by atoms with E-state index >= 15 is 0 Å². The molecule has 0 unspecified atom stereocenters. The fourth-order valence-corrected chi connectivity index (χ4v) is 2.97. The predicted molar refractivity (Wildman–Crippen MR) is 107 cm³/mol. The van der Waals surface area contributed by atoms with Crippen molar-refractivity contribution in [3.05, 3.63) is 29.3 Å². The van der Waals surface area contributed by atoms with E-state index in [1.54, 1.807) is 5.43 Å². The third-order valence-corrected chi connectivity index (χ3v) is 4.93. The summed E-state index contributed by atoms with van der Waals surface area (Å²) in [5, 5.41) is 0.222. The van der Waals surface area contributed by atoms with Crippen molar-refractivity contribution < 1.29 is 27.5 Å². The lowest BCUT2D eigenvalue weighted by Crippen LogP contribution is -2.50. The van der Waals surface area contributed by atoms with Crippen LogP contribution in [0.2, 0.25) is 5.02 Å². The van der Waals surface area contributed by atoms with Crippen LogP contribution in [0.5, 0.6) is 0 Å². The second kappa shape index (κ2) is 10.2. The highest BCUT2D eigenvalue weighted by atomic mass is 35.6. The number of ether oxygens (including phenoxy) is 2. The molecule has 28 heavy (non-hydrogen) atoms. The maximum absolute atomic E-state index is 12.7. The zero-order valence-corrected chi connectivity index (χ0v) is 19.3. The molecule has 8 nitrogen and oxygen atoms in total. The smallest absolute Gasteiger partial charge is 0.443 e. The van der Waals surface area contributed by atoms with Crippen molar-refractivity contribution in [2.45, 2.75) is 12.5 Å². The molecule has 0 saturated carbocycles. The van der Waals surface area contributed by atoms with Crippen LogP contribution in [0.4, 0.5) is 9.59 Å². The normalized spacial score (nSPS) is 12.2. The summed E-state index contributed by atoms with van der Waals surface area (Å²) < 4.78 is 30.3. The van der Waals surface area contributed by atoms with Crippen LogP contribution in [-0.2, 0) is 19.5 Å². The molecule has 1 rings (SSSR count). The minimum absolute atomic E-state index is 0.173. The van der Waals surface area contributed by atoms with Crippen molar-refractivity contribution in [1.82, 2.24) is 9.84 Å². The number of sulfonamides is 1. The summed E-state index contributed by atoms with van der Waals surface area (Å²) in [6.45, 7) is -1.57. The highest BCUT2D eigenvalue weighted by Gasteiger charge is 2.35. The Labute approximate surface area is 194 Å². The van der Waals surface area contributed by atoms with Crippen molar-refractivity contribution in [2.75, 3.05) is 13.2 Å². The molecule has 1 aromatic carbocycles. The van der Waals surface area contributed by atoms with Gasteiger partial charge in [0.2, 0.25) is 7.59 Å². The largest absolute Gasteiger partial charge is 0.444 e. The van der Waals surface area contributed by atoms with Crippen LogP contribution >= 0.6 is 81.2 Å². The van der Waals surface area contributed by atoms with Crippen molar-refractivity contribution in [1.29, 1.82) is 0 Å². The number of rotatable bonds is 4. The van der Waals surface area contributed by atoms with Gasteiger partial charge in [-0.2, -0.15) is 8.42 Å². The van der Waals surface area contributed by atoms with Crippen molar-refractivity contribution in [3.8, 4) is 0 Å². The number of nitrogens with zero attached hydrogens (tertiary/aromatic N) is 1. The molecular formula is C12H9Cl7N2O6S. The Bertz CT molecular complexity index is 807. The third-order valence-electron chi connectivity index (χ3n) is 2.44. The first-order valence-electron chi connectivity index (χ1n) is 6.66. The topological polar surface area (TPSA) is 102 Å². The average molecular weight is 557 g/mol. The Balaban J connectivity index is 3.10. The van der Waals surface area contributed by atoms with E-state index in [4.69, 9.17) is 81.2 Å². The van der Waals surface area contributed by atoms with Crippen LogP contribution in [0.15, 0.2) is 29.2 Å². The zero-order chi connectivity index (χ0) is 21.8. The van der Waals surface area contributed by atoms with Gasteiger partial charge in [-0.3, -0.25) is 0 Å². The first-order chi connectivity index (χ1) is 12.6. The number of amides is 2. The predicted octanol–water partition coefficient (Wildman–Crippen LogP) is 4.85. The van der Waals surface area contributed by atoms with Gasteiger partial charge in [0.05, 0.1) is 4.90 Å². The van der Waals surface area contributed by atoms with Gasteiger partial charge in [-0.1, -0.05) is 81.2 Å². The fourth-order valence-electron chi connectivity index (χ4n) is 1.38. The number of nitrogens with one attached hydrogen (secondary N) is 1. The number of carbonyl (C=O) groups is 2. The standard InChI is InChI=1S/C12H9Cl7N2O6S/c13-7-1-3-8(4-2-7)28(24,25)21(10(23)27-6-12(17,18)19)20-9(22)26-5-11(14,15)16/h1-4H,5-6H2,(H,20,22). The third kappa shape index (κ3) is 9.04. The van der Waals surface area contributed by atoms with Gasteiger partial charge < -0.3 is 9.47 Å². The molecule has 0 aliphatic heterocycles. The molecule has 0 aliphatic rings. The van der Waals surface area contributed by atoms with Gasteiger partial charge in [0.15, 0.2) is 0 Å². The molecule has 1 N–H and O–H groups in total. The number of hydrogen-bond donors (Lipinski definition) is 1. The Morgan fingerprint density at radius 1 is 0.929 bits per heavy atom. The number of carbonyl (C=O) groups excluding carboxylic acids is 2. The molecule has 0 aromatic heterocycles. The molecule has 0 bridgehead atoms. The van der Waals surface area contributed by atoms with Gasteiger partial charge in [-0.25, -0.2) is 15.0 Å². The highest BCUT2D eigenvalue weighted by Crippen LogP contribution is 2.27. The van der Waals surface area contributed by atoms with Gasteiger partial charge in [-0.15, -0.1) is 4.41 Å². The Morgan fingerprint density at radius 3 is 1.86 bits per heavy atom. The van der Waals surface area contributed by atoms with E-state index in [0.29, 0.717) is 0 Å². The molecule has 0 atom stereocenters. The SMILES string of the molecule is O=C(NN(C(=O)OCC(Cl)(Cl)Cl)S(=O)(=O)c1ccc(Cl)cc1)OCC(Cl)(Cl)Cl. The number of alkyl halides is 6. The molecule has 0 saturated heterocycles. The average Bonchev–Trinajstić information content (AvgIpc) is 2.54. The summed E-state index contributed by atoms with van der Waals surface area (Å²) >= 11 is 38.3. The number of benzene rings is 1. The van der Waals surface area contributed by atoms with E-state index in [0.717, 1.165) is 12.1 Å². The van der Waals surface area contributed by atoms with E-state index in [-0.39, 0.29) is 9.44 Å². The quantitative estimate of drug-likeness (QED) is 0.420. The molecule has 0 fully saturated rings. The van der Waals surface area contributed by atoms with E-state index in [1.165, 1.54) is 12.1 Å². The zero-order valence-electron chi connectivity index (χ0n) is 13.2. The van der Waals surface area contributed by atoms with Gasteiger partial charge in [-0.05, 0) is 24.3 Å². The van der Waals surface area contributed by atoms with Crippen LogP contribution < -0.4 is 5.43 Å². The second-order valence-electron chi connectivity index (χ2n) is 4.70. The summed E-state index contributed by atoms with van der Waals surface area (Å²) in [5.41, 5.74) is 1.65. The lowest BCUT2D eigenvalue weighted by Gasteiger charge is -2.23. The second-order valence-corrected chi connectivity index (χ2v) is 12.0. The summed E-state index contributed by atoms with van der Waals surface area (Å²) in [5.74, 6) is 0. The summed E-state index contributed by atoms with van der Waals surface area (Å²) in [4.78, 5) is 23.6. The highest BCUT2D eigenvalue weighted by molar-refractivity contribution is 7.89. The first kappa shape index (κ1) is 25.8. The van der Waals surface area contributed by atoms with Crippen LogP contribution in [0, 0.1) is 0 Å². The van der Waals surface area contributed by atoms with Gasteiger partial charge >= 0.3 is 12.2 Å². The minimum atomic E-state index is -4.67. The molecule has 1 aromatic rings. The van der Waals surface area contributed by atoms with Crippen LogP contribution in [-0.4, -0.2) is 45.8 Å². The van der Waals surface area contributed by atoms with Gasteiger partial charge in [0.25, 0.3) is 10.0 Å². The molecule has 158 valence electrons. The fraction of sp³-hybridized carbons (Fsp3) is 0.333. The molecule has 2 amide bonds. The summed E-state index contributed by atoms with van der Waals surface area (Å²) in [7, 11) is -4.67. The molecular weight excluding hydrogens is 548 g/mol. The summed E-state index contributed by atoms with van der Waals surface area (Å²) in [6, 6.07) is 4.61. The van der Waals surface area contributed by atoms with E-state index in [9.17, 15) is 18.0 Å². The van der Waals surface area contributed by atoms with E-state index < -0.39 is 47.9 Å². The Kier molecular flexibility index (Phi) is 9.36. The van der Waals surface area contributed by atoms with Crippen molar-refractivity contribution in [2.24, 2.45) is 0 Å². The maximum atomic E-state index is 12.7. The van der Waals surface area contributed by atoms with E-state index in [2.05, 4.69) is 9.47 Å². The molecule has 16 heteroatoms. The van der Waals surface area contributed by atoms with Crippen molar-refractivity contribution in [3.63, 3.8) is 0 Å². The Morgan fingerprint density at radius 2 is 1.39 bits per heavy atom. The van der Waals surface area contributed by atoms with Crippen LogP contribution in [0.1, 0.15) is 0 Å². The number of hydrazine groups is 1. The molecule has 0 aliphatic carbocycles. The van der Waals surface area contributed by atoms with E-state index in [1.807, 2.05) is 0 Å². The minimum Gasteiger partial charge on any atom is -0.444 e. The van der Waals surface area contributed by atoms with Gasteiger partial charge in [0.1, 0.15) is 13.2 Å². The number of hydrogen-bond acceptors (Lipinski definition) is 6.